The van der Waals surface area contributed by atoms with Crippen LogP contribution in [0.3, 0.4) is 0 Å². The van der Waals surface area contributed by atoms with Crippen molar-refractivity contribution in [1.82, 2.24) is 0 Å². The molecule has 0 N–H and O–H groups in total. The van der Waals surface area contributed by atoms with Gasteiger partial charge >= 0.3 is 0 Å². The number of hydrogen-bond donors (Lipinski definition) is 0. The first-order valence-electron chi connectivity index (χ1n) is 14.2. The third-order valence-electron chi connectivity index (χ3n) is 7.48. The number of hydrogen-bond acceptors (Lipinski definition) is 4. The Morgan fingerprint density at radius 2 is 0.636 bits per heavy atom. The van der Waals surface area contributed by atoms with Crippen molar-refractivity contribution in [2.24, 2.45) is 0 Å². The van der Waals surface area contributed by atoms with Crippen molar-refractivity contribution in [2.75, 3.05) is 0 Å². The van der Waals surface area contributed by atoms with Crippen molar-refractivity contribution >= 4 is 23.1 Å². The normalized spacial score (nSPS) is 10.6. The Morgan fingerprint density at radius 3 is 1.05 bits per heavy atom. The van der Waals surface area contributed by atoms with E-state index in [1.807, 2.05) is 30.3 Å². The van der Waals surface area contributed by atoms with Crippen LogP contribution in [0.4, 0.5) is 0 Å². The average molecular weight is 571 g/mol. The molecule has 0 spiro atoms. The SMILES string of the molecule is O=C(c1ccccc1)c1cc(-c2ccccc2)c(C(=O)c2ccccc2)c(C(=O)c2ccccc2)c1C(=O)c1ccccc1. The lowest BCUT2D eigenvalue weighted by Crippen LogP contribution is -2.22. The Morgan fingerprint density at radius 1 is 0.318 bits per heavy atom. The maximum Gasteiger partial charge on any atom is 0.194 e. The minimum absolute atomic E-state index is 0.0489. The molecular formula is C40H26O4. The van der Waals surface area contributed by atoms with Crippen molar-refractivity contribution in [3.05, 3.63) is 202 Å². The summed E-state index contributed by atoms with van der Waals surface area (Å²) in [5, 5.41) is 0. The Kier molecular flexibility index (Phi) is 7.98. The summed E-state index contributed by atoms with van der Waals surface area (Å²) < 4.78 is 0. The van der Waals surface area contributed by atoms with E-state index < -0.39 is 23.1 Å². The van der Waals surface area contributed by atoms with Gasteiger partial charge in [0.05, 0.1) is 0 Å². The van der Waals surface area contributed by atoms with Crippen LogP contribution in [0.25, 0.3) is 11.1 Å². The zero-order valence-corrected chi connectivity index (χ0v) is 23.6. The highest BCUT2D eigenvalue weighted by Crippen LogP contribution is 2.37. The van der Waals surface area contributed by atoms with E-state index in [0.29, 0.717) is 33.4 Å². The van der Waals surface area contributed by atoms with Gasteiger partial charge in [0.1, 0.15) is 0 Å². The molecule has 0 heterocycles. The third-order valence-corrected chi connectivity index (χ3v) is 7.48. The molecule has 0 aliphatic heterocycles. The first-order valence-corrected chi connectivity index (χ1v) is 14.2. The van der Waals surface area contributed by atoms with Gasteiger partial charge in [0.2, 0.25) is 0 Å². The summed E-state index contributed by atoms with van der Waals surface area (Å²) in [5.41, 5.74) is 2.24. The second-order valence-corrected chi connectivity index (χ2v) is 10.2. The lowest BCUT2D eigenvalue weighted by Gasteiger charge is -2.21. The molecule has 6 aromatic rings. The van der Waals surface area contributed by atoms with E-state index in [9.17, 15) is 19.2 Å². The van der Waals surface area contributed by atoms with E-state index in [4.69, 9.17) is 0 Å². The third kappa shape index (κ3) is 5.44. The smallest absolute Gasteiger partial charge is 0.194 e. The van der Waals surface area contributed by atoms with E-state index in [1.165, 1.54) is 0 Å². The van der Waals surface area contributed by atoms with Gasteiger partial charge < -0.3 is 0 Å². The predicted molar refractivity (Wildman–Crippen MR) is 171 cm³/mol. The standard InChI is InChI=1S/C40H26O4/c41-37(28-18-8-2-9-19-28)33-26-32(27-16-6-1-7-17-27)34(38(42)29-20-10-3-11-21-29)36(40(44)31-24-14-5-15-25-31)35(33)39(43)30-22-12-4-13-23-30/h1-26H. The lowest BCUT2D eigenvalue weighted by atomic mass is 9.78. The van der Waals surface area contributed by atoms with Crippen LogP contribution < -0.4 is 0 Å². The Bertz CT molecular complexity index is 1980. The average Bonchev–Trinajstić information content (AvgIpc) is 3.11. The minimum atomic E-state index is -0.524. The topological polar surface area (TPSA) is 68.3 Å². The van der Waals surface area contributed by atoms with Crippen LogP contribution in [0.1, 0.15) is 63.7 Å². The molecule has 6 rings (SSSR count). The quantitative estimate of drug-likeness (QED) is 0.164. The summed E-state index contributed by atoms with van der Waals surface area (Å²) in [6.07, 6.45) is 0. The molecule has 0 aliphatic carbocycles. The molecule has 0 saturated heterocycles. The van der Waals surface area contributed by atoms with E-state index in [2.05, 4.69) is 0 Å². The van der Waals surface area contributed by atoms with Gasteiger partial charge in [-0.3, -0.25) is 19.2 Å². The highest BCUT2D eigenvalue weighted by Gasteiger charge is 2.34. The van der Waals surface area contributed by atoms with E-state index >= 15 is 0 Å². The second-order valence-electron chi connectivity index (χ2n) is 10.2. The number of ketones is 4. The van der Waals surface area contributed by atoms with Crippen molar-refractivity contribution in [3.63, 3.8) is 0 Å². The van der Waals surface area contributed by atoms with Gasteiger partial charge in [-0.1, -0.05) is 152 Å². The summed E-state index contributed by atoms with van der Waals surface area (Å²) >= 11 is 0. The van der Waals surface area contributed by atoms with Crippen LogP contribution in [0.5, 0.6) is 0 Å². The molecular weight excluding hydrogens is 544 g/mol. The van der Waals surface area contributed by atoms with Crippen LogP contribution in [0, 0.1) is 0 Å². The fraction of sp³-hybridized carbons (Fsp3) is 0. The molecule has 4 heteroatoms. The van der Waals surface area contributed by atoms with Crippen LogP contribution in [-0.4, -0.2) is 23.1 Å². The summed E-state index contributed by atoms with van der Waals surface area (Å²) in [5.74, 6) is -1.90. The van der Waals surface area contributed by atoms with Crippen molar-refractivity contribution in [1.29, 1.82) is 0 Å². The van der Waals surface area contributed by atoms with Gasteiger partial charge in [0.15, 0.2) is 23.1 Å². The second kappa shape index (κ2) is 12.5. The monoisotopic (exact) mass is 570 g/mol. The molecule has 0 unspecified atom stereocenters. The molecule has 0 fully saturated rings. The van der Waals surface area contributed by atoms with Crippen molar-refractivity contribution < 1.29 is 19.2 Å². The molecule has 0 aromatic heterocycles. The molecule has 0 amide bonds. The first-order chi connectivity index (χ1) is 21.5. The van der Waals surface area contributed by atoms with Crippen molar-refractivity contribution in [3.8, 4) is 11.1 Å². The number of carbonyl (C=O) groups is 4. The molecule has 0 atom stereocenters. The van der Waals surface area contributed by atoms with Crippen LogP contribution in [0.15, 0.2) is 158 Å². The summed E-state index contributed by atoms with van der Waals surface area (Å²) in [7, 11) is 0. The number of rotatable bonds is 9. The summed E-state index contributed by atoms with van der Waals surface area (Å²) in [4.78, 5) is 58.0. The van der Waals surface area contributed by atoms with Gasteiger partial charge in [-0.15, -0.1) is 0 Å². The van der Waals surface area contributed by atoms with Gasteiger partial charge in [0, 0.05) is 44.5 Å². The summed E-state index contributed by atoms with van der Waals surface area (Å²) in [6, 6.07) is 45.0. The van der Waals surface area contributed by atoms with E-state index in [0.717, 1.165) is 0 Å². The van der Waals surface area contributed by atoms with Crippen molar-refractivity contribution in [2.45, 2.75) is 0 Å². The molecule has 44 heavy (non-hydrogen) atoms. The summed E-state index contributed by atoms with van der Waals surface area (Å²) in [6.45, 7) is 0. The van der Waals surface area contributed by atoms with Gasteiger partial charge in [0.25, 0.3) is 0 Å². The van der Waals surface area contributed by atoms with E-state index in [-0.39, 0.29) is 22.3 Å². The highest BCUT2D eigenvalue weighted by atomic mass is 16.1. The first kappa shape index (κ1) is 28.1. The number of carbonyl (C=O) groups excluding carboxylic acids is 4. The van der Waals surface area contributed by atoms with Crippen LogP contribution in [-0.2, 0) is 0 Å². The molecule has 210 valence electrons. The minimum Gasteiger partial charge on any atom is -0.289 e. The van der Waals surface area contributed by atoms with Crippen LogP contribution in [0.2, 0.25) is 0 Å². The molecule has 0 bridgehead atoms. The molecule has 0 saturated carbocycles. The maximum absolute atomic E-state index is 14.6. The van der Waals surface area contributed by atoms with E-state index in [1.54, 1.807) is 127 Å². The van der Waals surface area contributed by atoms with Gasteiger partial charge in [-0.05, 0) is 17.2 Å². The molecule has 6 aromatic carbocycles. The fourth-order valence-electron chi connectivity index (χ4n) is 5.35. The lowest BCUT2D eigenvalue weighted by molar-refractivity contribution is 0.0982. The maximum atomic E-state index is 14.6. The molecule has 0 aliphatic rings. The fourth-order valence-corrected chi connectivity index (χ4v) is 5.35. The Labute approximate surface area is 255 Å². The Hall–Kier alpha value is -6.00. The highest BCUT2D eigenvalue weighted by molar-refractivity contribution is 6.31. The number of benzene rings is 6. The molecule has 0 radical (unpaired) electrons. The molecule has 4 nitrogen and oxygen atoms in total. The Balaban J connectivity index is 1.79. The predicted octanol–water partition coefficient (Wildman–Crippen LogP) is 8.28. The van der Waals surface area contributed by atoms with Crippen LogP contribution >= 0.6 is 0 Å². The van der Waals surface area contributed by atoms with Gasteiger partial charge in [-0.2, -0.15) is 0 Å². The largest absolute Gasteiger partial charge is 0.289 e. The zero-order chi connectivity index (χ0) is 30.5. The van der Waals surface area contributed by atoms with Gasteiger partial charge in [-0.25, -0.2) is 0 Å². The zero-order valence-electron chi connectivity index (χ0n) is 23.6.